The van der Waals surface area contributed by atoms with Crippen molar-refractivity contribution < 1.29 is 9.53 Å². The Hall–Kier alpha value is -2.34. The molecular weight excluding hydrogens is 316 g/mol. The molecule has 0 spiro atoms. The molecule has 1 aliphatic heterocycles. The lowest BCUT2D eigenvalue weighted by Gasteiger charge is -2.31. The third-order valence-electron chi connectivity index (χ3n) is 4.44. The van der Waals surface area contributed by atoms with Gasteiger partial charge in [-0.25, -0.2) is 9.78 Å². The predicted molar refractivity (Wildman–Crippen MR) is 96.2 cm³/mol. The number of urea groups is 1. The molecule has 1 fully saturated rings. The molecule has 0 aliphatic carbocycles. The lowest BCUT2D eigenvalue weighted by molar-refractivity contribution is -0.00354. The number of aromatic nitrogens is 2. The number of aryl methyl sites for hydroxylation is 2. The van der Waals surface area contributed by atoms with Crippen molar-refractivity contribution in [3.05, 3.63) is 54.1 Å². The van der Waals surface area contributed by atoms with Crippen LogP contribution < -0.4 is 5.32 Å². The van der Waals surface area contributed by atoms with Crippen molar-refractivity contribution >= 4 is 6.03 Å². The summed E-state index contributed by atoms with van der Waals surface area (Å²) in [4.78, 5) is 18.5. The topological polar surface area (TPSA) is 59.4 Å². The van der Waals surface area contributed by atoms with Crippen LogP contribution in [0.4, 0.5) is 4.79 Å². The molecule has 2 heterocycles. The molecule has 1 aliphatic rings. The minimum atomic E-state index is -0.0472. The number of amides is 2. The third-order valence-corrected chi connectivity index (χ3v) is 4.44. The fraction of sp³-hybridized carbons (Fsp3) is 0.474. The number of hydrogen-bond acceptors (Lipinski definition) is 3. The molecule has 6 heteroatoms. The van der Waals surface area contributed by atoms with Gasteiger partial charge in [-0.15, -0.1) is 0 Å². The second kappa shape index (κ2) is 8.67. The predicted octanol–water partition coefficient (Wildman–Crippen LogP) is 2.45. The minimum absolute atomic E-state index is 0.0472. The van der Waals surface area contributed by atoms with E-state index >= 15 is 0 Å². The Labute approximate surface area is 148 Å². The number of nitrogens with zero attached hydrogens (tertiary/aromatic N) is 3. The molecular formula is C19H26N4O2. The van der Waals surface area contributed by atoms with E-state index in [9.17, 15) is 4.79 Å². The highest BCUT2D eigenvalue weighted by Gasteiger charge is 2.21. The minimum Gasteiger partial charge on any atom is -0.375 e. The summed E-state index contributed by atoms with van der Waals surface area (Å²) < 4.78 is 7.59. The van der Waals surface area contributed by atoms with Gasteiger partial charge in [0.05, 0.1) is 19.3 Å². The summed E-state index contributed by atoms with van der Waals surface area (Å²) in [6.07, 6.45) is 5.95. The van der Waals surface area contributed by atoms with Gasteiger partial charge >= 0.3 is 6.03 Å². The number of nitrogens with one attached hydrogen (secondary N) is 1. The van der Waals surface area contributed by atoms with E-state index in [0.717, 1.165) is 25.2 Å². The highest BCUT2D eigenvalue weighted by molar-refractivity contribution is 5.74. The monoisotopic (exact) mass is 342 g/mol. The van der Waals surface area contributed by atoms with Gasteiger partial charge in [0.15, 0.2) is 0 Å². The lowest BCUT2D eigenvalue weighted by atomic mass is 10.1. The molecule has 0 radical (unpaired) electrons. The normalized spacial score (nSPS) is 17.5. The van der Waals surface area contributed by atoms with Gasteiger partial charge in [-0.05, 0) is 25.3 Å². The fourth-order valence-electron chi connectivity index (χ4n) is 3.08. The number of carbonyl (C=O) groups is 1. The lowest BCUT2D eigenvalue weighted by Crippen LogP contribution is -2.48. The Morgan fingerprint density at radius 3 is 3.00 bits per heavy atom. The highest BCUT2D eigenvalue weighted by atomic mass is 16.5. The second-order valence-electron chi connectivity index (χ2n) is 6.41. The first-order valence-corrected chi connectivity index (χ1v) is 8.90. The van der Waals surface area contributed by atoms with E-state index in [1.807, 2.05) is 19.2 Å². The molecule has 0 bridgehead atoms. The maximum Gasteiger partial charge on any atom is 0.317 e. The van der Waals surface area contributed by atoms with E-state index in [2.05, 4.69) is 39.1 Å². The molecule has 0 unspecified atom stereocenters. The van der Waals surface area contributed by atoms with Gasteiger partial charge in [-0.2, -0.15) is 0 Å². The quantitative estimate of drug-likeness (QED) is 0.877. The molecule has 1 saturated heterocycles. The zero-order chi connectivity index (χ0) is 17.5. The largest absolute Gasteiger partial charge is 0.375 e. The Morgan fingerprint density at radius 2 is 2.20 bits per heavy atom. The van der Waals surface area contributed by atoms with Crippen molar-refractivity contribution in [3.63, 3.8) is 0 Å². The Morgan fingerprint density at radius 1 is 1.36 bits per heavy atom. The van der Waals surface area contributed by atoms with Crippen LogP contribution in [0.2, 0.25) is 0 Å². The number of rotatable bonds is 6. The number of morpholine rings is 1. The Balaban J connectivity index is 1.45. The van der Waals surface area contributed by atoms with Crippen LogP contribution in [0.1, 0.15) is 24.7 Å². The van der Waals surface area contributed by atoms with Crippen molar-refractivity contribution in [2.24, 2.45) is 0 Å². The van der Waals surface area contributed by atoms with E-state index in [4.69, 9.17) is 4.74 Å². The van der Waals surface area contributed by atoms with Crippen molar-refractivity contribution in [2.75, 3.05) is 19.7 Å². The molecule has 2 aromatic rings. The summed E-state index contributed by atoms with van der Waals surface area (Å²) in [6, 6.07) is 10.4. The van der Waals surface area contributed by atoms with Crippen LogP contribution in [-0.4, -0.2) is 46.3 Å². The number of hydrogen-bond donors (Lipinski definition) is 1. The van der Waals surface area contributed by atoms with E-state index in [-0.39, 0.29) is 12.1 Å². The molecule has 1 N–H and O–H groups in total. The zero-order valence-electron chi connectivity index (χ0n) is 14.7. The first kappa shape index (κ1) is 17.5. The van der Waals surface area contributed by atoms with E-state index in [1.165, 1.54) is 5.56 Å². The second-order valence-corrected chi connectivity index (χ2v) is 6.41. The first-order valence-electron chi connectivity index (χ1n) is 8.90. The van der Waals surface area contributed by atoms with Crippen LogP contribution in [0.3, 0.4) is 0 Å². The summed E-state index contributed by atoms with van der Waals surface area (Å²) in [5.74, 6) is 0.891. The van der Waals surface area contributed by atoms with Crippen LogP contribution in [-0.2, 0) is 24.2 Å². The summed E-state index contributed by atoms with van der Waals surface area (Å²) in [5, 5.41) is 2.97. The molecule has 0 saturated carbocycles. The number of imidazole rings is 1. The number of ether oxygens (including phenoxy) is 1. The van der Waals surface area contributed by atoms with Crippen LogP contribution >= 0.6 is 0 Å². The van der Waals surface area contributed by atoms with Gasteiger partial charge in [0, 0.05) is 32.0 Å². The first-order chi connectivity index (χ1) is 12.2. The summed E-state index contributed by atoms with van der Waals surface area (Å²) in [7, 11) is 0. The van der Waals surface area contributed by atoms with Crippen LogP contribution in [0.25, 0.3) is 0 Å². The average molecular weight is 342 g/mol. The molecule has 6 nitrogen and oxygen atoms in total. The number of benzene rings is 1. The maximum absolute atomic E-state index is 12.3. The Kier molecular flexibility index (Phi) is 6.06. The van der Waals surface area contributed by atoms with Crippen molar-refractivity contribution in [1.82, 2.24) is 19.8 Å². The maximum atomic E-state index is 12.3. The summed E-state index contributed by atoms with van der Waals surface area (Å²) in [5.41, 5.74) is 1.35. The van der Waals surface area contributed by atoms with Gasteiger partial charge in [0.25, 0.3) is 0 Å². The molecule has 3 rings (SSSR count). The van der Waals surface area contributed by atoms with Gasteiger partial charge < -0.3 is 19.5 Å². The Bertz CT molecular complexity index is 671. The molecule has 1 aromatic heterocycles. The molecule has 2 amide bonds. The standard InChI is InChI=1S/C19H26N4O2/c1-16-15-23(12-13-25-16)19(24)21-14-18-20-9-11-22(18)10-5-8-17-6-3-2-4-7-17/h2-4,6-7,9,11,16H,5,8,10,12-15H2,1H3,(H,21,24)/t16-/m0/s1. The van der Waals surface area contributed by atoms with Gasteiger partial charge in [-0.1, -0.05) is 30.3 Å². The SMILES string of the molecule is C[C@H]1CN(C(=O)NCc2nccn2CCCc2ccccc2)CCO1. The van der Waals surface area contributed by atoms with Gasteiger partial charge in [-0.3, -0.25) is 0 Å². The van der Waals surface area contributed by atoms with Crippen LogP contribution in [0.15, 0.2) is 42.7 Å². The summed E-state index contributed by atoms with van der Waals surface area (Å²) in [6.45, 7) is 5.21. The van der Waals surface area contributed by atoms with Crippen LogP contribution in [0, 0.1) is 0 Å². The van der Waals surface area contributed by atoms with E-state index < -0.39 is 0 Å². The average Bonchev–Trinajstić information content (AvgIpc) is 3.08. The molecule has 1 atom stereocenters. The van der Waals surface area contributed by atoms with Crippen molar-refractivity contribution in [3.8, 4) is 0 Å². The summed E-state index contributed by atoms with van der Waals surface area (Å²) >= 11 is 0. The van der Waals surface area contributed by atoms with Crippen molar-refractivity contribution in [2.45, 2.75) is 39.0 Å². The zero-order valence-corrected chi connectivity index (χ0v) is 14.7. The van der Waals surface area contributed by atoms with E-state index in [0.29, 0.717) is 26.2 Å². The van der Waals surface area contributed by atoms with Gasteiger partial charge in [0.2, 0.25) is 0 Å². The highest BCUT2D eigenvalue weighted by Crippen LogP contribution is 2.07. The van der Waals surface area contributed by atoms with Gasteiger partial charge in [0.1, 0.15) is 5.82 Å². The smallest absolute Gasteiger partial charge is 0.317 e. The van der Waals surface area contributed by atoms with Crippen molar-refractivity contribution in [1.29, 1.82) is 0 Å². The molecule has 134 valence electrons. The van der Waals surface area contributed by atoms with E-state index in [1.54, 1.807) is 11.1 Å². The molecule has 1 aromatic carbocycles. The van der Waals surface area contributed by atoms with Crippen LogP contribution in [0.5, 0.6) is 0 Å². The molecule has 25 heavy (non-hydrogen) atoms. The number of carbonyl (C=O) groups excluding carboxylic acids is 1. The fourth-order valence-corrected chi connectivity index (χ4v) is 3.08. The third kappa shape index (κ3) is 5.06.